The molecular formula is C26H27N3O. The van der Waals surface area contributed by atoms with Crippen LogP contribution < -0.4 is 10.6 Å². The van der Waals surface area contributed by atoms with Gasteiger partial charge in [0.2, 0.25) is 0 Å². The molecule has 1 saturated heterocycles. The molecule has 4 heteroatoms. The fourth-order valence-electron chi connectivity index (χ4n) is 4.51. The first-order chi connectivity index (χ1) is 14.8. The Labute approximate surface area is 178 Å². The monoisotopic (exact) mass is 397 g/mol. The Balaban J connectivity index is 1.47. The third-order valence-electron chi connectivity index (χ3n) is 6.19. The maximum absolute atomic E-state index is 5.67. The lowest BCUT2D eigenvalue weighted by Gasteiger charge is -2.42. The number of rotatable bonds is 4. The molecule has 3 aromatic rings. The first kappa shape index (κ1) is 18.9. The van der Waals surface area contributed by atoms with Crippen molar-refractivity contribution in [3.05, 3.63) is 96.1 Å². The first-order valence-electron chi connectivity index (χ1n) is 10.7. The molecule has 0 unspecified atom stereocenters. The van der Waals surface area contributed by atoms with Gasteiger partial charge in [0.05, 0.1) is 16.9 Å². The molecule has 2 aliphatic rings. The van der Waals surface area contributed by atoms with Crippen LogP contribution in [0.15, 0.2) is 89.9 Å². The molecule has 0 saturated carbocycles. The molecule has 5 rings (SSSR count). The average molecular weight is 398 g/mol. The van der Waals surface area contributed by atoms with Crippen molar-refractivity contribution in [2.45, 2.75) is 24.3 Å². The van der Waals surface area contributed by atoms with Gasteiger partial charge in [0.15, 0.2) is 0 Å². The van der Waals surface area contributed by atoms with Crippen molar-refractivity contribution in [1.29, 1.82) is 0 Å². The zero-order valence-electron chi connectivity index (χ0n) is 17.1. The molecule has 0 radical (unpaired) electrons. The van der Waals surface area contributed by atoms with Crippen molar-refractivity contribution in [3.63, 3.8) is 0 Å². The molecule has 2 aliphatic heterocycles. The number of para-hydroxylation sites is 2. The number of aliphatic imine (C=N–C) groups is 1. The average Bonchev–Trinajstić information content (AvgIpc) is 2.81. The highest BCUT2D eigenvalue weighted by atomic mass is 16.5. The van der Waals surface area contributed by atoms with Gasteiger partial charge in [-0.3, -0.25) is 0 Å². The summed E-state index contributed by atoms with van der Waals surface area (Å²) in [5, 5.41) is 7.54. The van der Waals surface area contributed by atoms with E-state index in [1.54, 1.807) is 0 Å². The lowest BCUT2D eigenvalue weighted by molar-refractivity contribution is 0.0771. The summed E-state index contributed by atoms with van der Waals surface area (Å²) in [7, 11) is 0. The number of nitrogens with one attached hydrogen (secondary N) is 2. The van der Waals surface area contributed by atoms with E-state index in [1.807, 2.05) is 6.07 Å². The van der Waals surface area contributed by atoms with Crippen LogP contribution in [0, 0.1) is 0 Å². The summed E-state index contributed by atoms with van der Waals surface area (Å²) < 4.78 is 5.67. The van der Waals surface area contributed by atoms with E-state index < -0.39 is 0 Å². The number of nitrogens with zero attached hydrogens (tertiary/aromatic N) is 1. The maximum atomic E-state index is 5.67. The highest BCUT2D eigenvalue weighted by Gasteiger charge is 2.41. The van der Waals surface area contributed by atoms with Crippen LogP contribution in [0.25, 0.3) is 0 Å². The molecule has 0 atom stereocenters. The molecule has 2 heterocycles. The molecule has 2 N–H and O–H groups in total. The first-order valence-corrected chi connectivity index (χ1v) is 10.7. The van der Waals surface area contributed by atoms with E-state index in [0.29, 0.717) is 0 Å². The van der Waals surface area contributed by atoms with Gasteiger partial charge >= 0.3 is 0 Å². The summed E-state index contributed by atoms with van der Waals surface area (Å²) in [5.41, 5.74) is 4.52. The number of anilines is 1. The van der Waals surface area contributed by atoms with E-state index >= 15 is 0 Å². The number of ether oxygens (including phenoxy) is 1. The number of benzene rings is 3. The highest BCUT2D eigenvalue weighted by molar-refractivity contribution is 6.00. The minimum absolute atomic E-state index is 0.190. The van der Waals surface area contributed by atoms with Crippen molar-refractivity contribution in [1.82, 2.24) is 5.32 Å². The van der Waals surface area contributed by atoms with Crippen molar-refractivity contribution in [2.75, 3.05) is 25.1 Å². The van der Waals surface area contributed by atoms with E-state index in [-0.39, 0.29) is 11.5 Å². The quantitative estimate of drug-likeness (QED) is 0.643. The maximum Gasteiger partial charge on any atom is 0.128 e. The topological polar surface area (TPSA) is 45.7 Å². The molecular weight excluding hydrogens is 370 g/mol. The van der Waals surface area contributed by atoms with E-state index in [2.05, 4.69) is 89.5 Å². The fraction of sp³-hybridized carbons (Fsp3) is 0.269. The van der Waals surface area contributed by atoms with E-state index in [4.69, 9.17) is 9.73 Å². The second-order valence-electron chi connectivity index (χ2n) is 8.05. The van der Waals surface area contributed by atoms with Crippen molar-refractivity contribution >= 4 is 17.2 Å². The zero-order valence-corrected chi connectivity index (χ0v) is 17.1. The fourth-order valence-corrected chi connectivity index (χ4v) is 4.51. The molecule has 3 aromatic carbocycles. The molecule has 0 bridgehead atoms. The molecule has 0 aliphatic carbocycles. The van der Waals surface area contributed by atoms with Crippen LogP contribution in [-0.4, -0.2) is 31.1 Å². The number of amidine groups is 1. The highest BCUT2D eigenvalue weighted by Crippen LogP contribution is 2.37. The Morgan fingerprint density at radius 2 is 1.43 bits per heavy atom. The molecule has 0 amide bonds. The summed E-state index contributed by atoms with van der Waals surface area (Å²) in [6, 6.07) is 29.7. The predicted octanol–water partition coefficient (Wildman–Crippen LogP) is 5.11. The third kappa shape index (κ3) is 3.71. The Hall–Kier alpha value is -3.11. The summed E-state index contributed by atoms with van der Waals surface area (Å²) >= 11 is 0. The molecule has 152 valence electrons. The molecule has 4 nitrogen and oxygen atoms in total. The second kappa shape index (κ2) is 8.33. The van der Waals surface area contributed by atoms with Crippen LogP contribution in [-0.2, 0) is 4.74 Å². The van der Waals surface area contributed by atoms with Gasteiger partial charge in [-0.15, -0.1) is 0 Å². The zero-order chi connectivity index (χ0) is 20.2. The van der Waals surface area contributed by atoms with Crippen LogP contribution in [0.2, 0.25) is 0 Å². The standard InChI is InChI=1S/C26H27N3O/c1-3-9-20(10-4-1)22(21-11-5-2-6-12-21)19-27-25-26(15-17-30-18-16-26)29-24-14-8-7-13-23(24)28-25/h1-14,22,29H,15-19H2,(H,27,28). The largest absolute Gasteiger partial charge is 0.381 e. The SMILES string of the molecule is c1ccc(C(CNC2=Nc3ccccc3NC23CCOCC3)c2ccccc2)cc1. The van der Waals surface area contributed by atoms with Crippen LogP contribution >= 0.6 is 0 Å². The molecule has 1 spiro atoms. The van der Waals surface area contributed by atoms with E-state index in [0.717, 1.165) is 49.8 Å². The minimum atomic E-state index is -0.190. The van der Waals surface area contributed by atoms with Gasteiger partial charge in [-0.2, -0.15) is 0 Å². The van der Waals surface area contributed by atoms with Gasteiger partial charge in [0, 0.05) is 38.5 Å². The van der Waals surface area contributed by atoms with Crippen molar-refractivity contribution in [3.8, 4) is 0 Å². The summed E-state index contributed by atoms with van der Waals surface area (Å²) in [6.45, 7) is 2.28. The van der Waals surface area contributed by atoms with E-state index in [1.165, 1.54) is 11.1 Å². The van der Waals surface area contributed by atoms with Crippen molar-refractivity contribution < 1.29 is 4.74 Å². The van der Waals surface area contributed by atoms with Crippen LogP contribution in [0.4, 0.5) is 11.4 Å². The molecule has 30 heavy (non-hydrogen) atoms. The lowest BCUT2D eigenvalue weighted by Crippen LogP contribution is -2.57. The number of hydrogen-bond acceptors (Lipinski definition) is 4. The van der Waals surface area contributed by atoms with Gasteiger partial charge in [0.1, 0.15) is 5.84 Å². The molecule has 0 aromatic heterocycles. The molecule has 1 fully saturated rings. The number of hydrogen-bond donors (Lipinski definition) is 2. The van der Waals surface area contributed by atoms with Gasteiger partial charge in [-0.25, -0.2) is 4.99 Å². The van der Waals surface area contributed by atoms with Crippen molar-refractivity contribution in [2.24, 2.45) is 4.99 Å². The Morgan fingerprint density at radius 3 is 2.10 bits per heavy atom. The lowest BCUT2D eigenvalue weighted by atomic mass is 9.85. The predicted molar refractivity (Wildman–Crippen MR) is 123 cm³/mol. The smallest absolute Gasteiger partial charge is 0.128 e. The van der Waals surface area contributed by atoms with E-state index in [9.17, 15) is 0 Å². The van der Waals surface area contributed by atoms with Crippen LogP contribution in [0.5, 0.6) is 0 Å². The summed E-state index contributed by atoms with van der Waals surface area (Å²) in [4.78, 5) is 5.07. The van der Waals surface area contributed by atoms with Crippen LogP contribution in [0.1, 0.15) is 29.9 Å². The normalized spacial score (nSPS) is 17.2. The van der Waals surface area contributed by atoms with Gasteiger partial charge < -0.3 is 15.4 Å². The second-order valence-corrected chi connectivity index (χ2v) is 8.05. The summed E-state index contributed by atoms with van der Waals surface area (Å²) in [5.74, 6) is 1.28. The number of fused-ring (bicyclic) bond motifs is 1. The Kier molecular flexibility index (Phi) is 5.24. The third-order valence-corrected chi connectivity index (χ3v) is 6.19. The van der Waals surface area contributed by atoms with Gasteiger partial charge in [0.25, 0.3) is 0 Å². The minimum Gasteiger partial charge on any atom is -0.381 e. The van der Waals surface area contributed by atoms with Crippen LogP contribution in [0.3, 0.4) is 0 Å². The Morgan fingerprint density at radius 1 is 0.833 bits per heavy atom. The Bertz CT molecular complexity index is 971. The van der Waals surface area contributed by atoms with Gasteiger partial charge in [-0.1, -0.05) is 72.8 Å². The summed E-state index contributed by atoms with van der Waals surface area (Å²) in [6.07, 6.45) is 1.82. The van der Waals surface area contributed by atoms with Gasteiger partial charge in [-0.05, 0) is 23.3 Å².